The van der Waals surface area contributed by atoms with Gasteiger partial charge in [-0.1, -0.05) is 18.2 Å². The number of carbonyl (C=O) groups is 4. The minimum atomic E-state index is -2.96. The zero-order valence-electron chi connectivity index (χ0n) is 23.5. The van der Waals surface area contributed by atoms with E-state index in [1.54, 1.807) is 25.1 Å². The van der Waals surface area contributed by atoms with Crippen LogP contribution in [0.25, 0.3) is 10.9 Å². The molecule has 0 unspecified atom stereocenters. The first kappa shape index (κ1) is 29.9. The fourth-order valence-corrected chi connectivity index (χ4v) is 5.17. The molecule has 1 saturated carbocycles. The Labute approximate surface area is 245 Å². The summed E-state index contributed by atoms with van der Waals surface area (Å²) in [6.45, 7) is 0.505. The van der Waals surface area contributed by atoms with Crippen molar-refractivity contribution < 1.29 is 32.3 Å². The van der Waals surface area contributed by atoms with E-state index in [0.29, 0.717) is 34.9 Å². The number of likely N-dealkylation sites (tertiary alicyclic amines) is 1. The van der Waals surface area contributed by atoms with E-state index in [1.807, 2.05) is 0 Å². The predicted molar refractivity (Wildman–Crippen MR) is 151 cm³/mol. The van der Waals surface area contributed by atoms with Gasteiger partial charge in [-0.05, 0) is 49.9 Å². The normalized spacial score (nSPS) is 16.1. The van der Waals surface area contributed by atoms with Gasteiger partial charge in [0.05, 0.1) is 18.6 Å². The molecule has 43 heavy (non-hydrogen) atoms. The second-order valence-electron chi connectivity index (χ2n) is 11.0. The molecule has 1 aliphatic heterocycles. The summed E-state index contributed by atoms with van der Waals surface area (Å²) in [5.74, 6) is -5.10. The maximum Gasteiger partial charge on any atom is 0.322 e. The number of amides is 5. The Kier molecular flexibility index (Phi) is 8.29. The molecule has 1 aromatic heterocycles. The van der Waals surface area contributed by atoms with E-state index in [9.17, 15) is 32.3 Å². The van der Waals surface area contributed by atoms with Crippen LogP contribution in [0, 0.1) is 12.7 Å². The molecule has 14 heteroatoms. The van der Waals surface area contributed by atoms with Gasteiger partial charge >= 0.3 is 6.03 Å². The Morgan fingerprint density at radius 1 is 1.16 bits per heavy atom. The lowest BCUT2D eigenvalue weighted by atomic mass is 10.1. The van der Waals surface area contributed by atoms with E-state index < -0.39 is 42.0 Å². The van der Waals surface area contributed by atoms with Crippen LogP contribution in [0.5, 0.6) is 0 Å². The van der Waals surface area contributed by atoms with E-state index in [1.165, 1.54) is 27.8 Å². The molecule has 1 aliphatic carbocycles. The number of fused-ring (bicyclic) bond motifs is 1. The lowest BCUT2D eigenvalue weighted by Crippen LogP contribution is -2.47. The molecular formula is C29H32F3N7O4. The molecule has 2 aliphatic rings. The highest BCUT2D eigenvalue weighted by molar-refractivity contribution is 6.05. The molecule has 3 aromatic rings. The summed E-state index contributed by atoms with van der Waals surface area (Å²) in [4.78, 5) is 53.4. The molecular weight excluding hydrogens is 567 g/mol. The molecule has 0 atom stereocenters. The van der Waals surface area contributed by atoms with Gasteiger partial charge < -0.3 is 26.2 Å². The molecule has 11 nitrogen and oxygen atoms in total. The highest BCUT2D eigenvalue weighted by atomic mass is 19.3. The summed E-state index contributed by atoms with van der Waals surface area (Å²) in [6, 6.07) is 8.51. The maximum absolute atomic E-state index is 14.3. The van der Waals surface area contributed by atoms with Crippen LogP contribution in [0.15, 0.2) is 36.4 Å². The summed E-state index contributed by atoms with van der Waals surface area (Å²) in [5.41, 5.74) is 6.76. The number of primary amides is 1. The van der Waals surface area contributed by atoms with Crippen LogP contribution >= 0.6 is 0 Å². The van der Waals surface area contributed by atoms with Crippen LogP contribution < -0.4 is 16.4 Å². The first-order valence-corrected chi connectivity index (χ1v) is 14.0. The highest BCUT2D eigenvalue weighted by Gasteiger charge is 2.37. The number of hydrogen-bond donors (Lipinski definition) is 3. The van der Waals surface area contributed by atoms with Crippen molar-refractivity contribution in [3.05, 3.63) is 59.0 Å². The quantitative estimate of drug-likeness (QED) is 0.346. The number of nitrogens with one attached hydrogen (secondary N) is 2. The number of hydrogen-bond acceptors (Lipinski definition) is 5. The van der Waals surface area contributed by atoms with Crippen LogP contribution in [0.4, 0.5) is 23.7 Å². The number of urea groups is 1. The molecule has 5 rings (SSSR count). The Morgan fingerprint density at radius 2 is 1.93 bits per heavy atom. The lowest BCUT2D eigenvalue weighted by molar-refractivity contribution is -0.137. The van der Waals surface area contributed by atoms with E-state index in [4.69, 9.17) is 5.73 Å². The second-order valence-corrected chi connectivity index (χ2v) is 11.0. The third kappa shape index (κ3) is 6.89. The highest BCUT2D eigenvalue weighted by Crippen LogP contribution is 2.29. The zero-order chi connectivity index (χ0) is 30.9. The van der Waals surface area contributed by atoms with Gasteiger partial charge in [0.25, 0.3) is 11.8 Å². The maximum atomic E-state index is 14.3. The number of benzene rings is 2. The van der Waals surface area contributed by atoms with Gasteiger partial charge in [-0.15, -0.1) is 0 Å². The van der Waals surface area contributed by atoms with Gasteiger partial charge in [0.15, 0.2) is 5.69 Å². The number of aryl methyl sites for hydroxylation is 1. The van der Waals surface area contributed by atoms with Gasteiger partial charge in [-0.3, -0.25) is 19.1 Å². The summed E-state index contributed by atoms with van der Waals surface area (Å²) in [7, 11) is 0. The number of anilines is 1. The monoisotopic (exact) mass is 599 g/mol. The van der Waals surface area contributed by atoms with Crippen LogP contribution in [0.3, 0.4) is 0 Å². The fraction of sp³-hybridized carbons (Fsp3) is 0.414. The van der Waals surface area contributed by atoms with Crippen LogP contribution in [-0.4, -0.2) is 74.9 Å². The zero-order valence-corrected chi connectivity index (χ0v) is 23.5. The fourth-order valence-electron chi connectivity index (χ4n) is 5.17. The number of carbonyl (C=O) groups excluding carboxylic acids is 4. The minimum Gasteiger partial charge on any atom is -0.364 e. The van der Waals surface area contributed by atoms with E-state index in [-0.39, 0.29) is 56.4 Å². The smallest absolute Gasteiger partial charge is 0.322 e. The number of halogens is 3. The Balaban J connectivity index is 1.30. The second kappa shape index (κ2) is 11.9. The molecule has 0 bridgehead atoms. The van der Waals surface area contributed by atoms with Crippen molar-refractivity contribution in [3.8, 4) is 0 Å². The van der Waals surface area contributed by atoms with E-state index >= 15 is 0 Å². The number of rotatable bonds is 9. The van der Waals surface area contributed by atoms with Crippen LogP contribution in [-0.2, 0) is 22.7 Å². The van der Waals surface area contributed by atoms with Gasteiger partial charge in [0, 0.05) is 42.2 Å². The summed E-state index contributed by atoms with van der Waals surface area (Å²) in [6.07, 6.45) is 1.32. The number of aromatic nitrogens is 2. The number of nitrogens with zero attached hydrogens (tertiary/aromatic N) is 4. The van der Waals surface area contributed by atoms with Crippen LogP contribution in [0.2, 0.25) is 0 Å². The summed E-state index contributed by atoms with van der Waals surface area (Å²) >= 11 is 0. The largest absolute Gasteiger partial charge is 0.364 e. The molecule has 2 heterocycles. The topological polar surface area (TPSA) is 143 Å². The van der Waals surface area contributed by atoms with Gasteiger partial charge in [-0.25, -0.2) is 18.0 Å². The average Bonchev–Trinajstić information content (AvgIpc) is 3.73. The molecule has 0 radical (unpaired) electrons. The Bertz CT molecular complexity index is 1590. The van der Waals surface area contributed by atoms with Gasteiger partial charge in [0.1, 0.15) is 12.4 Å². The summed E-state index contributed by atoms with van der Waals surface area (Å²) in [5, 5.41) is 9.81. The Hall–Kier alpha value is -4.62. The van der Waals surface area contributed by atoms with Crippen molar-refractivity contribution in [2.24, 2.45) is 5.73 Å². The first-order valence-electron chi connectivity index (χ1n) is 14.0. The predicted octanol–water partition coefficient (Wildman–Crippen LogP) is 3.15. The molecule has 228 valence electrons. The standard InChI is InChI=1S/C29H32F3N7O4/c1-17-4-2-5-18(25(17)30)13-34-23(40)14-38(20-7-8-20)24(41)15-39-22-12-19(6-9-21(22)26(36-39)27(33)42)35-28(43)37-11-3-10-29(31,32)16-37/h2,4-6,9,12,20H,3,7-8,10-11,13-16H2,1H3,(H2,33,42)(H,34,40)(H,35,43). The average molecular weight is 600 g/mol. The minimum absolute atomic E-state index is 0.0334. The van der Waals surface area contributed by atoms with Gasteiger partial charge in [-0.2, -0.15) is 5.10 Å². The van der Waals surface area contributed by atoms with Crippen molar-refractivity contribution in [3.63, 3.8) is 0 Å². The first-order chi connectivity index (χ1) is 20.4. The van der Waals surface area contributed by atoms with E-state index in [0.717, 1.165) is 4.90 Å². The van der Waals surface area contributed by atoms with Crippen molar-refractivity contribution in [2.45, 2.75) is 57.7 Å². The van der Waals surface area contributed by atoms with Crippen molar-refractivity contribution in [1.29, 1.82) is 0 Å². The van der Waals surface area contributed by atoms with Crippen molar-refractivity contribution in [2.75, 3.05) is 25.0 Å². The molecule has 2 fully saturated rings. The number of piperidine rings is 1. The van der Waals surface area contributed by atoms with E-state index in [2.05, 4.69) is 15.7 Å². The Morgan fingerprint density at radius 3 is 2.63 bits per heavy atom. The van der Waals surface area contributed by atoms with Gasteiger partial charge in [0.2, 0.25) is 11.8 Å². The molecule has 5 amide bonds. The van der Waals surface area contributed by atoms with Crippen molar-refractivity contribution in [1.82, 2.24) is 24.9 Å². The number of alkyl halides is 2. The third-order valence-electron chi connectivity index (χ3n) is 7.57. The SMILES string of the molecule is Cc1cccc(CNC(=O)CN(C(=O)Cn2nc(C(N)=O)c3ccc(NC(=O)N4CCCC(F)(F)C4)cc32)C2CC2)c1F. The van der Waals surface area contributed by atoms with Crippen LogP contribution in [0.1, 0.15) is 47.3 Å². The number of nitrogens with two attached hydrogens (primary N) is 1. The molecule has 2 aromatic carbocycles. The molecule has 1 saturated heterocycles. The lowest BCUT2D eigenvalue weighted by Gasteiger charge is -2.32. The summed E-state index contributed by atoms with van der Waals surface area (Å²) < 4.78 is 43.2. The molecule has 4 N–H and O–H groups in total. The molecule has 0 spiro atoms. The van der Waals surface area contributed by atoms with Crippen molar-refractivity contribution >= 4 is 40.3 Å². The third-order valence-corrected chi connectivity index (χ3v) is 7.57.